The smallest absolute Gasteiger partial charge is 0.295 e. The van der Waals surface area contributed by atoms with Gasteiger partial charge in [0.1, 0.15) is 19.0 Å². The predicted molar refractivity (Wildman–Crippen MR) is 125 cm³/mol. The minimum absolute atomic E-state index is 0.00288. The summed E-state index contributed by atoms with van der Waals surface area (Å²) in [4.78, 5) is 28.0. The molecule has 0 aromatic heterocycles. The number of hydrogen-bond donors (Lipinski definition) is 1. The van der Waals surface area contributed by atoms with Gasteiger partial charge in [0, 0.05) is 18.7 Å². The maximum Gasteiger partial charge on any atom is 0.295 e. The van der Waals surface area contributed by atoms with Crippen LogP contribution in [0.3, 0.4) is 0 Å². The summed E-state index contributed by atoms with van der Waals surface area (Å²) < 4.78 is 27.7. The molecular weight excluding hydrogens is 454 g/mol. The van der Waals surface area contributed by atoms with E-state index in [1.54, 1.807) is 36.4 Å². The van der Waals surface area contributed by atoms with E-state index in [1.165, 1.54) is 19.1 Å². The average Bonchev–Trinajstić information content (AvgIpc) is 3.50. The highest BCUT2D eigenvalue weighted by atomic mass is 16.6. The van der Waals surface area contributed by atoms with Crippen LogP contribution in [-0.4, -0.2) is 68.4 Å². The number of nitrogens with zero attached hydrogens (tertiary/aromatic N) is 1. The van der Waals surface area contributed by atoms with Gasteiger partial charge < -0.3 is 33.7 Å². The first kappa shape index (κ1) is 23.0. The van der Waals surface area contributed by atoms with Gasteiger partial charge in [0.05, 0.1) is 31.9 Å². The highest BCUT2D eigenvalue weighted by Crippen LogP contribution is 2.43. The molecule has 0 saturated carbocycles. The Bertz CT molecular complexity index is 1180. The summed E-state index contributed by atoms with van der Waals surface area (Å²) in [6, 6.07) is 9.30. The molecule has 2 aromatic carbocycles. The summed E-state index contributed by atoms with van der Waals surface area (Å²) in [6.45, 7) is 1.68. The second-order valence-electron chi connectivity index (χ2n) is 8.56. The zero-order chi connectivity index (χ0) is 24.5. The third kappa shape index (κ3) is 4.16. The van der Waals surface area contributed by atoms with E-state index in [-0.39, 0.29) is 24.0 Å². The van der Waals surface area contributed by atoms with Crippen LogP contribution in [0.1, 0.15) is 30.0 Å². The molecule has 0 spiro atoms. The van der Waals surface area contributed by atoms with E-state index in [1.807, 2.05) is 0 Å². The molecule has 2 fully saturated rings. The van der Waals surface area contributed by atoms with Crippen LogP contribution in [0.5, 0.6) is 23.0 Å². The Balaban J connectivity index is 1.62. The molecule has 0 bridgehead atoms. The predicted octanol–water partition coefficient (Wildman–Crippen LogP) is 3.08. The van der Waals surface area contributed by atoms with Crippen molar-refractivity contribution in [2.45, 2.75) is 25.0 Å². The van der Waals surface area contributed by atoms with Crippen LogP contribution in [-0.2, 0) is 14.3 Å². The van der Waals surface area contributed by atoms with Crippen LogP contribution >= 0.6 is 0 Å². The fraction of sp³-hybridized carbons (Fsp3) is 0.385. The molecule has 0 aliphatic carbocycles. The Hall–Kier alpha value is -3.72. The van der Waals surface area contributed by atoms with Gasteiger partial charge in [0.15, 0.2) is 23.0 Å². The van der Waals surface area contributed by atoms with Crippen LogP contribution in [0.2, 0.25) is 0 Å². The van der Waals surface area contributed by atoms with Gasteiger partial charge in [-0.1, -0.05) is 6.07 Å². The van der Waals surface area contributed by atoms with Crippen molar-refractivity contribution in [3.8, 4) is 23.0 Å². The molecule has 1 N–H and O–H groups in total. The molecule has 1 amide bonds. The largest absolute Gasteiger partial charge is 0.507 e. The van der Waals surface area contributed by atoms with Crippen molar-refractivity contribution in [1.29, 1.82) is 0 Å². The summed E-state index contributed by atoms with van der Waals surface area (Å²) in [6.07, 6.45) is 1.52. The third-order valence-corrected chi connectivity index (χ3v) is 6.50. The summed E-state index contributed by atoms with van der Waals surface area (Å²) in [5.41, 5.74) is 0.964. The number of hydrogen-bond acceptors (Lipinski definition) is 8. The number of benzene rings is 2. The Labute approximate surface area is 202 Å². The SMILES string of the molecule is COc1ccc([C@H]2C(=C(O)c3ccc4c(c3)OCCO4)C(=O)C(=O)N2C[C@@H]2CCCO2)cc1OC. The number of likely N-dealkylation sites (tertiary alicyclic amines) is 1. The molecular formula is C26H27NO8. The molecule has 9 heteroatoms. The molecule has 3 aliphatic heterocycles. The highest BCUT2D eigenvalue weighted by Gasteiger charge is 2.47. The Morgan fingerprint density at radius 2 is 1.77 bits per heavy atom. The topological polar surface area (TPSA) is 104 Å². The van der Waals surface area contributed by atoms with Gasteiger partial charge in [-0.05, 0) is 48.7 Å². The number of aliphatic hydroxyl groups excluding tert-OH is 1. The number of Topliss-reactive ketones (excluding diaryl/α,β-unsaturated/α-hetero) is 1. The number of amides is 1. The van der Waals surface area contributed by atoms with Crippen LogP contribution in [0.4, 0.5) is 0 Å². The first-order valence-electron chi connectivity index (χ1n) is 11.5. The van der Waals surface area contributed by atoms with Crippen LogP contribution < -0.4 is 18.9 Å². The minimum Gasteiger partial charge on any atom is -0.507 e. The molecule has 9 nitrogen and oxygen atoms in total. The molecule has 2 saturated heterocycles. The van der Waals surface area contributed by atoms with Gasteiger partial charge in [0.25, 0.3) is 11.7 Å². The van der Waals surface area contributed by atoms with Crippen molar-refractivity contribution in [2.75, 3.05) is 40.6 Å². The minimum atomic E-state index is -0.827. The molecule has 35 heavy (non-hydrogen) atoms. The summed E-state index contributed by atoms with van der Waals surface area (Å²) in [5.74, 6) is 0.273. The molecule has 3 aliphatic rings. The maximum atomic E-state index is 13.3. The van der Waals surface area contributed by atoms with Crippen molar-refractivity contribution >= 4 is 17.4 Å². The zero-order valence-corrected chi connectivity index (χ0v) is 19.6. The number of ether oxygens (including phenoxy) is 5. The summed E-state index contributed by atoms with van der Waals surface area (Å²) in [7, 11) is 3.04. The van der Waals surface area contributed by atoms with E-state index < -0.39 is 17.7 Å². The Kier molecular flexibility index (Phi) is 6.25. The first-order chi connectivity index (χ1) is 17.0. The Morgan fingerprint density at radius 1 is 1.00 bits per heavy atom. The van der Waals surface area contributed by atoms with Gasteiger partial charge in [-0.15, -0.1) is 0 Å². The highest BCUT2D eigenvalue weighted by molar-refractivity contribution is 6.46. The number of ketones is 1. The quantitative estimate of drug-likeness (QED) is 0.382. The van der Waals surface area contributed by atoms with Crippen molar-refractivity contribution in [3.63, 3.8) is 0 Å². The lowest BCUT2D eigenvalue weighted by atomic mass is 9.94. The number of methoxy groups -OCH3 is 2. The van der Waals surface area contributed by atoms with E-state index in [9.17, 15) is 14.7 Å². The van der Waals surface area contributed by atoms with E-state index in [2.05, 4.69) is 0 Å². The number of fused-ring (bicyclic) bond motifs is 1. The fourth-order valence-corrected chi connectivity index (χ4v) is 4.79. The lowest BCUT2D eigenvalue weighted by Crippen LogP contribution is -2.36. The summed E-state index contributed by atoms with van der Waals surface area (Å²) in [5, 5.41) is 11.3. The average molecular weight is 482 g/mol. The van der Waals surface area contributed by atoms with E-state index in [0.717, 1.165) is 12.8 Å². The second-order valence-corrected chi connectivity index (χ2v) is 8.56. The van der Waals surface area contributed by atoms with Crippen LogP contribution in [0.25, 0.3) is 5.76 Å². The normalized spacial score (nSPS) is 23.0. The maximum absolute atomic E-state index is 13.3. The molecule has 184 valence electrons. The van der Waals surface area contributed by atoms with Crippen molar-refractivity contribution in [3.05, 3.63) is 53.1 Å². The van der Waals surface area contributed by atoms with Crippen LogP contribution in [0, 0.1) is 0 Å². The van der Waals surface area contributed by atoms with Gasteiger partial charge >= 0.3 is 0 Å². The monoisotopic (exact) mass is 481 g/mol. The van der Waals surface area contributed by atoms with Gasteiger partial charge in [-0.3, -0.25) is 9.59 Å². The third-order valence-electron chi connectivity index (χ3n) is 6.50. The summed E-state index contributed by atoms with van der Waals surface area (Å²) >= 11 is 0. The standard InChI is InChI=1S/C26H27NO8/c1-31-18-7-5-15(12-20(18)32-2)23-22(25(29)26(30)27(23)14-17-4-3-9-33-17)24(28)16-6-8-19-21(13-16)35-11-10-34-19/h5-8,12-13,17,23,28H,3-4,9-11,14H2,1-2H3/t17-,23-/m0/s1. The van der Waals surface area contributed by atoms with Gasteiger partial charge in [-0.25, -0.2) is 0 Å². The molecule has 3 heterocycles. The van der Waals surface area contributed by atoms with Crippen molar-refractivity contribution in [2.24, 2.45) is 0 Å². The fourth-order valence-electron chi connectivity index (χ4n) is 4.79. The molecule has 2 aromatic rings. The van der Waals surface area contributed by atoms with Gasteiger partial charge in [0.2, 0.25) is 0 Å². The molecule has 0 radical (unpaired) electrons. The molecule has 0 unspecified atom stereocenters. The van der Waals surface area contributed by atoms with E-state index in [0.29, 0.717) is 53.9 Å². The number of rotatable bonds is 6. The zero-order valence-electron chi connectivity index (χ0n) is 19.6. The van der Waals surface area contributed by atoms with Crippen LogP contribution in [0.15, 0.2) is 42.0 Å². The lowest BCUT2D eigenvalue weighted by Gasteiger charge is -2.28. The second kappa shape index (κ2) is 9.50. The number of carbonyl (C=O) groups is 2. The van der Waals surface area contributed by atoms with E-state index in [4.69, 9.17) is 23.7 Å². The first-order valence-corrected chi connectivity index (χ1v) is 11.5. The number of carbonyl (C=O) groups excluding carboxylic acids is 2. The lowest BCUT2D eigenvalue weighted by molar-refractivity contribution is -0.140. The number of aliphatic hydroxyl groups is 1. The van der Waals surface area contributed by atoms with Crippen molar-refractivity contribution in [1.82, 2.24) is 4.90 Å². The van der Waals surface area contributed by atoms with Crippen molar-refractivity contribution < 1.29 is 38.4 Å². The van der Waals surface area contributed by atoms with E-state index >= 15 is 0 Å². The van der Waals surface area contributed by atoms with Gasteiger partial charge in [-0.2, -0.15) is 0 Å². The molecule has 5 rings (SSSR count). The Morgan fingerprint density at radius 3 is 2.49 bits per heavy atom. The molecule has 2 atom stereocenters.